The molecule has 0 aliphatic heterocycles. The molecule has 29 heavy (non-hydrogen) atoms. The number of halogens is 3. The Morgan fingerprint density at radius 1 is 1.24 bits per heavy atom. The standard InChI is InChI=1S/C18H14Cl2FN5O2S/c19-11-2-1-3-26-6-14(23-16(11)26)18-25-24-17(29-18)10-4-13(21)15(5-12(10)20)28-8-9(22)7-27/h1-6,9,27H,7-8,22H2. The lowest BCUT2D eigenvalue weighted by molar-refractivity contribution is 0.202. The summed E-state index contributed by atoms with van der Waals surface area (Å²) in [6.45, 7) is -0.308. The molecule has 3 N–H and O–H groups in total. The highest BCUT2D eigenvalue weighted by atomic mass is 35.5. The van der Waals surface area contributed by atoms with Crippen molar-refractivity contribution in [3.8, 4) is 27.0 Å². The number of hydrogen-bond donors (Lipinski definition) is 2. The molecule has 0 fully saturated rings. The smallest absolute Gasteiger partial charge is 0.168 e. The van der Waals surface area contributed by atoms with Crippen molar-refractivity contribution in [3.05, 3.63) is 52.5 Å². The van der Waals surface area contributed by atoms with Gasteiger partial charge in [0.05, 0.1) is 22.7 Å². The molecule has 150 valence electrons. The van der Waals surface area contributed by atoms with Gasteiger partial charge in [-0.2, -0.15) is 0 Å². The second-order valence-corrected chi connectivity index (χ2v) is 7.93. The summed E-state index contributed by atoms with van der Waals surface area (Å²) in [6, 6.07) is 5.53. The Morgan fingerprint density at radius 2 is 2.03 bits per heavy atom. The number of nitrogens with two attached hydrogens (primary N) is 1. The van der Waals surface area contributed by atoms with E-state index in [1.54, 1.807) is 16.7 Å². The average Bonchev–Trinajstić information content (AvgIpc) is 3.35. The number of hydrogen-bond acceptors (Lipinski definition) is 7. The molecule has 0 saturated heterocycles. The van der Waals surface area contributed by atoms with Crippen LogP contribution in [-0.4, -0.2) is 43.9 Å². The van der Waals surface area contributed by atoms with Crippen LogP contribution in [-0.2, 0) is 0 Å². The lowest BCUT2D eigenvalue weighted by Gasteiger charge is -2.12. The predicted octanol–water partition coefficient (Wildman–Crippen LogP) is 3.66. The van der Waals surface area contributed by atoms with Crippen LogP contribution in [0.2, 0.25) is 10.0 Å². The fourth-order valence-corrected chi connectivity index (χ4v) is 3.91. The van der Waals surface area contributed by atoms with Crippen LogP contribution >= 0.6 is 34.5 Å². The number of nitrogens with zero attached hydrogens (tertiary/aromatic N) is 4. The van der Waals surface area contributed by atoms with Crippen LogP contribution in [0.25, 0.3) is 26.9 Å². The van der Waals surface area contributed by atoms with Gasteiger partial charge in [-0.05, 0) is 18.2 Å². The van der Waals surface area contributed by atoms with Gasteiger partial charge in [-0.25, -0.2) is 9.37 Å². The van der Waals surface area contributed by atoms with Crippen molar-refractivity contribution in [3.63, 3.8) is 0 Å². The number of fused-ring (bicyclic) bond motifs is 1. The summed E-state index contributed by atoms with van der Waals surface area (Å²) in [7, 11) is 0. The first kappa shape index (κ1) is 20.0. The fourth-order valence-electron chi connectivity index (χ4n) is 2.57. The van der Waals surface area contributed by atoms with E-state index in [0.717, 1.165) is 0 Å². The molecule has 0 radical (unpaired) electrons. The Balaban J connectivity index is 1.63. The minimum atomic E-state index is -0.620. The summed E-state index contributed by atoms with van der Waals surface area (Å²) in [5, 5.41) is 18.9. The molecule has 0 aliphatic rings. The molecule has 1 unspecified atom stereocenters. The van der Waals surface area contributed by atoms with Crippen molar-refractivity contribution in [1.29, 1.82) is 0 Å². The average molecular weight is 454 g/mol. The highest BCUT2D eigenvalue weighted by molar-refractivity contribution is 7.18. The van der Waals surface area contributed by atoms with Gasteiger partial charge in [0, 0.05) is 24.0 Å². The second kappa shape index (κ2) is 8.21. The Bertz CT molecular complexity index is 1180. The fraction of sp³-hybridized carbons (Fsp3) is 0.167. The van der Waals surface area contributed by atoms with Gasteiger partial charge in [0.25, 0.3) is 0 Å². The molecule has 4 aromatic rings. The Morgan fingerprint density at radius 3 is 2.79 bits per heavy atom. The van der Waals surface area contributed by atoms with E-state index in [9.17, 15) is 4.39 Å². The maximum Gasteiger partial charge on any atom is 0.168 e. The molecule has 0 aliphatic carbocycles. The molecule has 1 aromatic carbocycles. The lowest BCUT2D eigenvalue weighted by atomic mass is 10.2. The number of imidazole rings is 1. The summed E-state index contributed by atoms with van der Waals surface area (Å²) < 4.78 is 21.5. The zero-order valence-corrected chi connectivity index (χ0v) is 17.0. The van der Waals surface area contributed by atoms with Gasteiger partial charge in [-0.1, -0.05) is 34.5 Å². The number of rotatable bonds is 6. The van der Waals surface area contributed by atoms with Crippen LogP contribution in [0.5, 0.6) is 5.75 Å². The first-order chi connectivity index (χ1) is 14.0. The number of benzene rings is 1. The van der Waals surface area contributed by atoms with Crippen molar-refractivity contribution >= 4 is 40.2 Å². The van der Waals surface area contributed by atoms with E-state index in [4.69, 9.17) is 38.8 Å². The molecule has 0 amide bonds. The Hall–Kier alpha value is -2.30. The van der Waals surface area contributed by atoms with E-state index in [1.807, 2.05) is 12.3 Å². The molecule has 3 aromatic heterocycles. The number of aromatic nitrogens is 4. The molecule has 7 nitrogen and oxygen atoms in total. The summed E-state index contributed by atoms with van der Waals surface area (Å²) >= 11 is 13.7. The maximum atomic E-state index is 14.4. The third-order valence-corrected chi connectivity index (χ3v) is 5.61. The summed E-state index contributed by atoms with van der Waals surface area (Å²) in [5.74, 6) is -0.673. The first-order valence-corrected chi connectivity index (χ1v) is 9.99. The van der Waals surface area contributed by atoms with Gasteiger partial charge < -0.3 is 20.0 Å². The zero-order valence-electron chi connectivity index (χ0n) is 14.7. The van der Waals surface area contributed by atoms with Crippen molar-refractivity contribution in [2.75, 3.05) is 13.2 Å². The molecule has 11 heteroatoms. The minimum absolute atomic E-state index is 0.0392. The van der Waals surface area contributed by atoms with E-state index < -0.39 is 11.9 Å². The number of ether oxygens (including phenoxy) is 1. The van der Waals surface area contributed by atoms with Gasteiger partial charge in [0.15, 0.2) is 22.2 Å². The van der Waals surface area contributed by atoms with Crippen LogP contribution < -0.4 is 10.5 Å². The van der Waals surface area contributed by atoms with E-state index in [2.05, 4.69) is 15.2 Å². The van der Waals surface area contributed by atoms with E-state index in [1.165, 1.54) is 23.5 Å². The quantitative estimate of drug-likeness (QED) is 0.462. The molecule has 0 saturated carbocycles. The topological polar surface area (TPSA) is 98.6 Å². The monoisotopic (exact) mass is 453 g/mol. The summed E-state index contributed by atoms with van der Waals surface area (Å²) in [5.41, 5.74) is 7.14. The van der Waals surface area contributed by atoms with Gasteiger partial charge >= 0.3 is 0 Å². The maximum absolute atomic E-state index is 14.4. The molecular weight excluding hydrogens is 440 g/mol. The van der Waals surface area contributed by atoms with Gasteiger partial charge in [-0.15, -0.1) is 10.2 Å². The van der Waals surface area contributed by atoms with Crippen molar-refractivity contribution < 1.29 is 14.2 Å². The third-order valence-electron chi connectivity index (χ3n) is 4.02. The molecule has 3 heterocycles. The molecule has 4 rings (SSSR count). The highest BCUT2D eigenvalue weighted by Gasteiger charge is 2.18. The summed E-state index contributed by atoms with van der Waals surface area (Å²) in [4.78, 5) is 4.47. The number of aliphatic hydroxyl groups is 1. The van der Waals surface area contributed by atoms with Crippen LogP contribution in [0, 0.1) is 5.82 Å². The van der Waals surface area contributed by atoms with Gasteiger partial charge in [0.1, 0.15) is 17.3 Å². The second-order valence-electron chi connectivity index (χ2n) is 6.14. The Labute approximate surface area is 178 Å². The van der Waals surface area contributed by atoms with E-state index >= 15 is 0 Å². The number of pyridine rings is 1. The molecule has 0 spiro atoms. The normalized spacial score (nSPS) is 12.4. The number of aliphatic hydroxyl groups excluding tert-OH is 1. The van der Waals surface area contributed by atoms with Crippen LogP contribution in [0.15, 0.2) is 36.7 Å². The molecule has 1 atom stereocenters. The minimum Gasteiger partial charge on any atom is -0.489 e. The van der Waals surface area contributed by atoms with Crippen molar-refractivity contribution in [2.45, 2.75) is 6.04 Å². The first-order valence-electron chi connectivity index (χ1n) is 8.42. The van der Waals surface area contributed by atoms with Crippen molar-refractivity contribution in [2.24, 2.45) is 5.73 Å². The molecular formula is C18H14Cl2FN5O2S. The van der Waals surface area contributed by atoms with E-state index in [0.29, 0.717) is 31.9 Å². The third kappa shape index (κ3) is 4.05. The zero-order chi connectivity index (χ0) is 20.5. The van der Waals surface area contributed by atoms with Crippen molar-refractivity contribution in [1.82, 2.24) is 19.6 Å². The van der Waals surface area contributed by atoms with Crippen LogP contribution in [0.4, 0.5) is 4.39 Å². The summed E-state index contributed by atoms with van der Waals surface area (Å²) in [6.07, 6.45) is 3.61. The van der Waals surface area contributed by atoms with Gasteiger partial charge in [-0.3, -0.25) is 0 Å². The lowest BCUT2D eigenvalue weighted by Crippen LogP contribution is -2.31. The Kier molecular flexibility index (Phi) is 5.66. The van der Waals surface area contributed by atoms with E-state index in [-0.39, 0.29) is 24.0 Å². The van der Waals surface area contributed by atoms with Crippen LogP contribution in [0.1, 0.15) is 0 Å². The largest absolute Gasteiger partial charge is 0.489 e. The van der Waals surface area contributed by atoms with Crippen LogP contribution in [0.3, 0.4) is 0 Å². The SMILES string of the molecule is NC(CO)COc1cc(Cl)c(-c2nnc(-c3cn4cccc(Cl)c4n3)s2)cc1F. The molecule has 0 bridgehead atoms. The predicted molar refractivity (Wildman–Crippen MR) is 110 cm³/mol. The highest BCUT2D eigenvalue weighted by Crippen LogP contribution is 2.37. The van der Waals surface area contributed by atoms with Gasteiger partial charge in [0.2, 0.25) is 0 Å².